The molecule has 0 radical (unpaired) electrons. The van der Waals surface area contributed by atoms with Gasteiger partial charge in [-0.25, -0.2) is 9.78 Å². The zero-order valence-electron chi connectivity index (χ0n) is 12.4. The minimum atomic E-state index is -0.940. The van der Waals surface area contributed by atoms with Crippen LogP contribution >= 0.6 is 11.3 Å². The number of likely N-dealkylation sites (tertiary alicyclic amines) is 1. The maximum atomic E-state index is 12.3. The highest BCUT2D eigenvalue weighted by molar-refractivity contribution is 7.13. The summed E-state index contributed by atoms with van der Waals surface area (Å²) in [5, 5.41) is 9.83. The van der Waals surface area contributed by atoms with E-state index in [4.69, 9.17) is 0 Å². The van der Waals surface area contributed by atoms with E-state index in [0.717, 1.165) is 43.7 Å². The summed E-state index contributed by atoms with van der Waals surface area (Å²) in [6.45, 7) is 3.63. The standard InChI is InChI=1S/C15H22N2O3S/c1-2-7-11-14(15(19)20)21-12(16-11)10-13(18)17-8-5-3-4-6-9-17/h2-10H2,1H3,(H,19,20). The van der Waals surface area contributed by atoms with E-state index in [2.05, 4.69) is 4.98 Å². The lowest BCUT2D eigenvalue weighted by molar-refractivity contribution is -0.130. The SMILES string of the molecule is CCCc1nc(CC(=O)N2CCCCCC2)sc1C(=O)O. The number of carboxylic acids is 1. The van der Waals surface area contributed by atoms with Crippen LogP contribution in [-0.2, 0) is 17.6 Å². The second-order valence-electron chi connectivity index (χ2n) is 5.41. The van der Waals surface area contributed by atoms with Crippen molar-refractivity contribution in [3.8, 4) is 0 Å². The summed E-state index contributed by atoms with van der Waals surface area (Å²) < 4.78 is 0. The average molecular weight is 310 g/mol. The monoisotopic (exact) mass is 310 g/mol. The van der Waals surface area contributed by atoms with Crippen LogP contribution in [0.2, 0.25) is 0 Å². The Bertz CT molecular complexity index is 505. The Morgan fingerprint density at radius 2 is 1.90 bits per heavy atom. The lowest BCUT2D eigenvalue weighted by Crippen LogP contribution is -2.33. The number of carboxylic acid groups (broad SMARTS) is 1. The molecule has 1 aliphatic rings. The summed E-state index contributed by atoms with van der Waals surface area (Å²) in [5.74, 6) is -0.866. The molecule has 0 saturated carbocycles. The molecule has 1 aromatic rings. The predicted molar refractivity (Wildman–Crippen MR) is 81.8 cm³/mol. The first-order valence-electron chi connectivity index (χ1n) is 7.61. The van der Waals surface area contributed by atoms with Crippen LogP contribution in [0.4, 0.5) is 0 Å². The van der Waals surface area contributed by atoms with Crippen molar-refractivity contribution in [3.63, 3.8) is 0 Å². The number of hydrogen-bond donors (Lipinski definition) is 1. The molecule has 0 atom stereocenters. The summed E-state index contributed by atoms with van der Waals surface area (Å²) in [6.07, 6.45) is 6.22. The largest absolute Gasteiger partial charge is 0.477 e. The number of aromatic carboxylic acids is 1. The zero-order valence-corrected chi connectivity index (χ0v) is 13.2. The molecule has 0 aliphatic carbocycles. The maximum Gasteiger partial charge on any atom is 0.347 e. The van der Waals surface area contributed by atoms with Gasteiger partial charge in [0.25, 0.3) is 0 Å². The van der Waals surface area contributed by atoms with Gasteiger partial charge in [-0.15, -0.1) is 11.3 Å². The van der Waals surface area contributed by atoms with Gasteiger partial charge in [0, 0.05) is 13.1 Å². The van der Waals surface area contributed by atoms with Crippen LogP contribution in [0.1, 0.15) is 59.4 Å². The highest BCUT2D eigenvalue weighted by Gasteiger charge is 2.21. The number of carbonyl (C=O) groups excluding carboxylic acids is 1. The Hall–Kier alpha value is -1.43. The highest BCUT2D eigenvalue weighted by atomic mass is 32.1. The third-order valence-corrected chi connectivity index (χ3v) is 4.77. The molecule has 0 bridgehead atoms. The molecule has 0 spiro atoms. The van der Waals surface area contributed by atoms with Gasteiger partial charge in [0.2, 0.25) is 5.91 Å². The van der Waals surface area contributed by atoms with Crippen LogP contribution in [0.3, 0.4) is 0 Å². The molecule has 2 rings (SSSR count). The summed E-state index contributed by atoms with van der Waals surface area (Å²) >= 11 is 1.15. The van der Waals surface area contributed by atoms with Crippen molar-refractivity contribution >= 4 is 23.2 Å². The average Bonchev–Trinajstić information content (AvgIpc) is 2.67. The quantitative estimate of drug-likeness (QED) is 0.908. The highest BCUT2D eigenvalue weighted by Crippen LogP contribution is 2.21. The van der Waals surface area contributed by atoms with Crippen LogP contribution in [0.5, 0.6) is 0 Å². The van der Waals surface area contributed by atoms with Gasteiger partial charge in [0.1, 0.15) is 9.88 Å². The van der Waals surface area contributed by atoms with Crippen molar-refractivity contribution in [1.82, 2.24) is 9.88 Å². The number of nitrogens with zero attached hydrogens (tertiary/aromatic N) is 2. The van der Waals surface area contributed by atoms with E-state index in [1.165, 1.54) is 12.8 Å². The second-order valence-corrected chi connectivity index (χ2v) is 6.49. The normalized spacial score (nSPS) is 15.8. The molecule has 5 nitrogen and oxygen atoms in total. The Morgan fingerprint density at radius 1 is 1.24 bits per heavy atom. The number of aryl methyl sites for hydroxylation is 1. The number of carbonyl (C=O) groups is 2. The lowest BCUT2D eigenvalue weighted by atomic mass is 10.2. The fourth-order valence-electron chi connectivity index (χ4n) is 2.61. The molecule has 1 aromatic heterocycles. The summed E-state index contributed by atoms with van der Waals surface area (Å²) in [4.78, 5) is 30.1. The fraction of sp³-hybridized carbons (Fsp3) is 0.667. The van der Waals surface area contributed by atoms with Gasteiger partial charge < -0.3 is 10.0 Å². The first-order valence-corrected chi connectivity index (χ1v) is 8.43. The van der Waals surface area contributed by atoms with Crippen molar-refractivity contribution in [2.24, 2.45) is 0 Å². The zero-order chi connectivity index (χ0) is 15.2. The molecule has 1 N–H and O–H groups in total. The van der Waals surface area contributed by atoms with E-state index in [0.29, 0.717) is 17.1 Å². The van der Waals surface area contributed by atoms with Crippen LogP contribution in [0, 0.1) is 0 Å². The molecule has 116 valence electrons. The number of rotatable bonds is 5. The Kier molecular flexibility index (Phi) is 5.73. The van der Waals surface area contributed by atoms with E-state index >= 15 is 0 Å². The summed E-state index contributed by atoms with van der Waals surface area (Å²) in [6, 6.07) is 0. The maximum absolute atomic E-state index is 12.3. The van der Waals surface area contributed by atoms with E-state index in [9.17, 15) is 14.7 Å². The minimum Gasteiger partial charge on any atom is -0.477 e. The fourth-order valence-corrected chi connectivity index (χ4v) is 3.55. The molecule has 1 fully saturated rings. The minimum absolute atomic E-state index is 0.0747. The van der Waals surface area contributed by atoms with Crippen molar-refractivity contribution < 1.29 is 14.7 Å². The van der Waals surface area contributed by atoms with Gasteiger partial charge in [0.05, 0.1) is 12.1 Å². The van der Waals surface area contributed by atoms with Crippen molar-refractivity contribution in [2.45, 2.75) is 51.9 Å². The first-order chi connectivity index (χ1) is 10.1. The Morgan fingerprint density at radius 3 is 2.48 bits per heavy atom. The Balaban J connectivity index is 2.06. The third kappa shape index (κ3) is 4.27. The lowest BCUT2D eigenvalue weighted by Gasteiger charge is -2.19. The molecule has 0 unspecified atom stereocenters. The summed E-state index contributed by atoms with van der Waals surface area (Å²) in [7, 11) is 0. The van der Waals surface area contributed by atoms with Gasteiger partial charge >= 0.3 is 5.97 Å². The summed E-state index contributed by atoms with van der Waals surface area (Å²) in [5.41, 5.74) is 0.619. The van der Waals surface area contributed by atoms with Crippen LogP contribution in [0.25, 0.3) is 0 Å². The molecule has 1 aliphatic heterocycles. The number of aromatic nitrogens is 1. The first kappa shape index (κ1) is 15.9. The van der Waals surface area contributed by atoms with Gasteiger partial charge in [-0.2, -0.15) is 0 Å². The van der Waals surface area contributed by atoms with E-state index in [1.54, 1.807) is 0 Å². The Labute approximate surface area is 129 Å². The second kappa shape index (κ2) is 7.54. The van der Waals surface area contributed by atoms with Crippen LogP contribution < -0.4 is 0 Å². The molecule has 2 heterocycles. The third-order valence-electron chi connectivity index (χ3n) is 3.68. The molecule has 1 saturated heterocycles. The molecular weight excluding hydrogens is 288 g/mol. The molecule has 6 heteroatoms. The van der Waals surface area contributed by atoms with Gasteiger partial charge in [-0.3, -0.25) is 4.79 Å². The van der Waals surface area contributed by atoms with Gasteiger partial charge in [-0.05, 0) is 19.3 Å². The van der Waals surface area contributed by atoms with Crippen molar-refractivity contribution in [3.05, 3.63) is 15.6 Å². The number of thiazole rings is 1. The van der Waals surface area contributed by atoms with E-state index in [1.807, 2.05) is 11.8 Å². The van der Waals surface area contributed by atoms with E-state index in [-0.39, 0.29) is 17.2 Å². The van der Waals surface area contributed by atoms with Crippen molar-refractivity contribution in [1.29, 1.82) is 0 Å². The molecule has 0 aromatic carbocycles. The topological polar surface area (TPSA) is 70.5 Å². The van der Waals surface area contributed by atoms with Gasteiger partial charge in [0.15, 0.2) is 0 Å². The van der Waals surface area contributed by atoms with Crippen molar-refractivity contribution in [2.75, 3.05) is 13.1 Å². The number of amides is 1. The van der Waals surface area contributed by atoms with Crippen LogP contribution in [-0.4, -0.2) is 40.0 Å². The molecular formula is C15H22N2O3S. The smallest absolute Gasteiger partial charge is 0.347 e. The van der Waals surface area contributed by atoms with E-state index < -0.39 is 5.97 Å². The predicted octanol–water partition coefficient (Wildman–Crippen LogP) is 2.74. The van der Waals surface area contributed by atoms with Crippen LogP contribution in [0.15, 0.2) is 0 Å². The van der Waals surface area contributed by atoms with Gasteiger partial charge in [-0.1, -0.05) is 26.2 Å². The number of hydrogen-bond acceptors (Lipinski definition) is 4. The molecule has 21 heavy (non-hydrogen) atoms. The molecule has 1 amide bonds.